The average Bonchev–Trinajstić information content (AvgIpc) is 2.83. The maximum atomic E-state index is 12.4. The van der Waals surface area contributed by atoms with E-state index in [9.17, 15) is 4.79 Å². The Morgan fingerprint density at radius 3 is 2.63 bits per heavy atom. The lowest BCUT2D eigenvalue weighted by Gasteiger charge is -2.35. The number of carbonyl (C=O) groups excluding carboxylic acids is 1. The van der Waals surface area contributed by atoms with Crippen LogP contribution in [0.4, 0.5) is 0 Å². The third-order valence-electron chi connectivity index (χ3n) is 3.43. The Hall–Kier alpha value is -1.08. The number of piperazine rings is 1. The second kappa shape index (κ2) is 6.38. The van der Waals surface area contributed by atoms with Gasteiger partial charge in [0.1, 0.15) is 6.33 Å². The molecule has 0 saturated carbocycles. The fraction of sp³-hybridized carbons (Fsp3) is 0.750. The van der Waals surface area contributed by atoms with Gasteiger partial charge in [-0.25, -0.2) is 0 Å². The highest BCUT2D eigenvalue weighted by atomic mass is 32.2. The fourth-order valence-electron chi connectivity index (χ4n) is 2.13. The number of hydrogen-bond donors (Lipinski definition) is 0. The summed E-state index contributed by atoms with van der Waals surface area (Å²) in [5, 5.41) is 8.50. The van der Waals surface area contributed by atoms with E-state index in [4.69, 9.17) is 0 Å². The predicted octanol–water partition coefficient (Wildman–Crippen LogP) is 0.460. The van der Waals surface area contributed by atoms with E-state index in [0.29, 0.717) is 0 Å². The summed E-state index contributed by atoms with van der Waals surface area (Å²) < 4.78 is 1.84. The number of amides is 1. The molecule has 1 aromatic heterocycles. The Bertz CT molecular complexity index is 428. The number of thioether (sulfide) groups is 1. The number of carbonyl (C=O) groups is 1. The first-order chi connectivity index (χ1) is 9.11. The summed E-state index contributed by atoms with van der Waals surface area (Å²) >= 11 is 1.47. The summed E-state index contributed by atoms with van der Waals surface area (Å²) in [6, 6.07) is 0. The maximum absolute atomic E-state index is 12.4. The van der Waals surface area contributed by atoms with Gasteiger partial charge in [-0.1, -0.05) is 18.7 Å². The van der Waals surface area contributed by atoms with Gasteiger partial charge in [-0.2, -0.15) is 0 Å². The Morgan fingerprint density at radius 1 is 1.42 bits per heavy atom. The smallest absolute Gasteiger partial charge is 0.235 e. The van der Waals surface area contributed by atoms with E-state index in [1.165, 1.54) is 11.8 Å². The van der Waals surface area contributed by atoms with Crippen LogP contribution in [-0.4, -0.2) is 68.4 Å². The highest BCUT2D eigenvalue weighted by molar-refractivity contribution is 8.00. The lowest BCUT2D eigenvalue weighted by molar-refractivity contribution is -0.132. The molecule has 106 valence electrons. The monoisotopic (exact) mass is 283 g/mol. The molecule has 0 aliphatic carbocycles. The summed E-state index contributed by atoms with van der Waals surface area (Å²) in [5.74, 6) is 0.198. The van der Waals surface area contributed by atoms with E-state index in [-0.39, 0.29) is 11.2 Å². The molecule has 1 fully saturated rings. The van der Waals surface area contributed by atoms with Crippen LogP contribution in [0.3, 0.4) is 0 Å². The van der Waals surface area contributed by atoms with Gasteiger partial charge in [0, 0.05) is 33.2 Å². The van der Waals surface area contributed by atoms with Gasteiger partial charge in [-0.05, 0) is 13.5 Å². The van der Waals surface area contributed by atoms with Crippen molar-refractivity contribution in [3.05, 3.63) is 6.33 Å². The Kier molecular flexibility index (Phi) is 4.81. The Morgan fingerprint density at radius 2 is 2.11 bits per heavy atom. The lowest BCUT2D eigenvalue weighted by atomic mass is 10.3. The Balaban J connectivity index is 1.88. The van der Waals surface area contributed by atoms with Crippen molar-refractivity contribution in [3.63, 3.8) is 0 Å². The van der Waals surface area contributed by atoms with Crippen molar-refractivity contribution in [1.82, 2.24) is 24.6 Å². The second-order valence-electron chi connectivity index (χ2n) is 4.74. The summed E-state index contributed by atoms with van der Waals surface area (Å²) in [4.78, 5) is 16.7. The number of likely N-dealkylation sites (N-methyl/N-ethyl adjacent to an activating group) is 1. The molecule has 1 aliphatic heterocycles. The second-order valence-corrected chi connectivity index (χ2v) is 6.05. The van der Waals surface area contributed by atoms with E-state index >= 15 is 0 Å². The molecule has 1 aliphatic rings. The van der Waals surface area contributed by atoms with Gasteiger partial charge < -0.3 is 14.4 Å². The molecule has 6 nitrogen and oxygen atoms in total. The molecular weight excluding hydrogens is 262 g/mol. The molecule has 2 rings (SSSR count). The van der Waals surface area contributed by atoms with E-state index in [0.717, 1.165) is 37.9 Å². The van der Waals surface area contributed by atoms with Gasteiger partial charge in [-0.15, -0.1) is 10.2 Å². The van der Waals surface area contributed by atoms with Crippen molar-refractivity contribution < 1.29 is 4.79 Å². The van der Waals surface area contributed by atoms with Crippen molar-refractivity contribution in [2.75, 3.05) is 32.7 Å². The Labute approximate surface area is 118 Å². The molecule has 0 bridgehead atoms. The zero-order valence-corrected chi connectivity index (χ0v) is 12.6. The first-order valence-electron chi connectivity index (χ1n) is 6.63. The van der Waals surface area contributed by atoms with Gasteiger partial charge >= 0.3 is 0 Å². The topological polar surface area (TPSA) is 54.3 Å². The minimum atomic E-state index is -0.115. The number of rotatable bonds is 4. The van der Waals surface area contributed by atoms with Crippen LogP contribution in [0.5, 0.6) is 0 Å². The zero-order valence-electron chi connectivity index (χ0n) is 11.7. The standard InChI is InChI=1S/C12H21N5OS/c1-4-16-5-7-17(8-6-16)11(18)10(2)19-12-14-13-9-15(12)3/h9-10H,4-8H2,1-3H3/t10-/m0/s1. The van der Waals surface area contributed by atoms with E-state index in [1.807, 2.05) is 23.4 Å². The van der Waals surface area contributed by atoms with Crippen molar-refractivity contribution >= 4 is 17.7 Å². The van der Waals surface area contributed by atoms with Crippen molar-refractivity contribution in [2.24, 2.45) is 7.05 Å². The third kappa shape index (κ3) is 3.48. The van der Waals surface area contributed by atoms with E-state index < -0.39 is 0 Å². The quantitative estimate of drug-likeness (QED) is 0.752. The minimum absolute atomic E-state index is 0.115. The molecule has 1 atom stereocenters. The van der Waals surface area contributed by atoms with Crippen LogP contribution in [0, 0.1) is 0 Å². The molecule has 1 saturated heterocycles. The number of aryl methyl sites for hydroxylation is 1. The summed E-state index contributed by atoms with van der Waals surface area (Å²) in [6.07, 6.45) is 1.65. The molecule has 1 amide bonds. The first-order valence-corrected chi connectivity index (χ1v) is 7.51. The molecule has 19 heavy (non-hydrogen) atoms. The highest BCUT2D eigenvalue weighted by Crippen LogP contribution is 2.22. The molecule has 0 radical (unpaired) electrons. The van der Waals surface area contributed by atoms with Crippen molar-refractivity contribution in [1.29, 1.82) is 0 Å². The summed E-state index contributed by atoms with van der Waals surface area (Å²) in [6.45, 7) is 8.77. The number of aromatic nitrogens is 3. The molecule has 0 unspecified atom stereocenters. The zero-order chi connectivity index (χ0) is 13.8. The number of hydrogen-bond acceptors (Lipinski definition) is 5. The normalized spacial score (nSPS) is 18.6. The van der Waals surface area contributed by atoms with Gasteiger partial charge in [0.25, 0.3) is 0 Å². The van der Waals surface area contributed by atoms with Crippen LogP contribution < -0.4 is 0 Å². The molecule has 1 aromatic rings. The molecule has 0 spiro atoms. The van der Waals surface area contributed by atoms with Gasteiger partial charge in [-0.3, -0.25) is 4.79 Å². The average molecular weight is 283 g/mol. The van der Waals surface area contributed by atoms with Gasteiger partial charge in [0.15, 0.2) is 5.16 Å². The summed E-state index contributed by atoms with van der Waals surface area (Å²) in [7, 11) is 1.89. The molecule has 2 heterocycles. The SMILES string of the molecule is CCN1CCN(C(=O)[C@H](C)Sc2nncn2C)CC1. The fourth-order valence-corrected chi connectivity index (χ4v) is 3.00. The molecule has 0 aromatic carbocycles. The highest BCUT2D eigenvalue weighted by Gasteiger charge is 2.25. The summed E-state index contributed by atoms with van der Waals surface area (Å²) in [5.41, 5.74) is 0. The molecule has 0 N–H and O–H groups in total. The maximum Gasteiger partial charge on any atom is 0.235 e. The van der Waals surface area contributed by atoms with Crippen LogP contribution in [0.1, 0.15) is 13.8 Å². The van der Waals surface area contributed by atoms with Crippen LogP contribution in [0.25, 0.3) is 0 Å². The van der Waals surface area contributed by atoms with Gasteiger partial charge in [0.05, 0.1) is 5.25 Å². The van der Waals surface area contributed by atoms with Crippen LogP contribution >= 0.6 is 11.8 Å². The number of nitrogens with zero attached hydrogens (tertiary/aromatic N) is 5. The molecular formula is C12H21N5OS. The predicted molar refractivity (Wildman–Crippen MR) is 75.0 cm³/mol. The first kappa shape index (κ1) is 14.3. The van der Waals surface area contributed by atoms with Crippen LogP contribution in [0.2, 0.25) is 0 Å². The van der Waals surface area contributed by atoms with E-state index in [2.05, 4.69) is 22.0 Å². The molecule has 7 heteroatoms. The van der Waals surface area contributed by atoms with E-state index in [1.54, 1.807) is 6.33 Å². The lowest BCUT2D eigenvalue weighted by Crippen LogP contribution is -2.50. The van der Waals surface area contributed by atoms with Crippen molar-refractivity contribution in [3.8, 4) is 0 Å². The minimum Gasteiger partial charge on any atom is -0.339 e. The van der Waals surface area contributed by atoms with Crippen molar-refractivity contribution in [2.45, 2.75) is 24.3 Å². The van der Waals surface area contributed by atoms with Crippen LogP contribution in [0.15, 0.2) is 11.5 Å². The van der Waals surface area contributed by atoms with Crippen LogP contribution in [-0.2, 0) is 11.8 Å². The largest absolute Gasteiger partial charge is 0.339 e. The van der Waals surface area contributed by atoms with Gasteiger partial charge in [0.2, 0.25) is 5.91 Å². The third-order valence-corrected chi connectivity index (χ3v) is 4.57.